The van der Waals surface area contributed by atoms with Crippen LogP contribution in [0.4, 0.5) is 8.78 Å². The van der Waals surface area contributed by atoms with Crippen LogP contribution in [0.15, 0.2) is 48.7 Å². The summed E-state index contributed by atoms with van der Waals surface area (Å²) in [5.74, 6) is -2.34. The molecular weight excluding hydrogens is 256 g/mol. The van der Waals surface area contributed by atoms with E-state index < -0.39 is 5.92 Å². The van der Waals surface area contributed by atoms with Crippen molar-refractivity contribution in [3.63, 3.8) is 0 Å². The summed E-state index contributed by atoms with van der Waals surface area (Å²) < 4.78 is 28.7. The Morgan fingerprint density at radius 2 is 1.90 bits per heavy atom. The maximum Gasteiger partial charge on any atom is 0.248 e. The molecule has 1 aliphatic rings. The molecule has 1 heterocycles. The number of benzene rings is 1. The molecule has 0 N–H and O–H groups in total. The van der Waals surface area contributed by atoms with Gasteiger partial charge in [-0.05, 0) is 30.0 Å². The first kappa shape index (κ1) is 13.3. The second-order valence-electron chi connectivity index (χ2n) is 5.78. The third-order valence-electron chi connectivity index (χ3n) is 4.11. The normalized spacial score (nSPS) is 21.2. The summed E-state index contributed by atoms with van der Waals surface area (Å²) >= 11 is 0. The number of nitrogens with zero attached hydrogens (tertiary/aromatic N) is 1. The van der Waals surface area contributed by atoms with E-state index in [0.717, 1.165) is 6.42 Å². The number of halogens is 2. The maximum absolute atomic E-state index is 13.3. The smallest absolute Gasteiger partial charge is 0.248 e. The number of rotatable bonds is 4. The third kappa shape index (κ3) is 3.09. The van der Waals surface area contributed by atoms with Gasteiger partial charge in [-0.15, -0.1) is 0 Å². The van der Waals surface area contributed by atoms with Gasteiger partial charge in [-0.1, -0.05) is 30.3 Å². The fourth-order valence-corrected chi connectivity index (χ4v) is 3.07. The van der Waals surface area contributed by atoms with E-state index in [9.17, 15) is 8.78 Å². The first-order chi connectivity index (χ1) is 9.62. The molecule has 3 rings (SSSR count). The molecule has 1 nitrogen and oxygen atoms in total. The molecule has 0 radical (unpaired) electrons. The van der Waals surface area contributed by atoms with Crippen LogP contribution in [0.25, 0.3) is 0 Å². The lowest BCUT2D eigenvalue weighted by Crippen LogP contribution is -2.14. The molecule has 0 spiro atoms. The molecule has 3 heteroatoms. The Morgan fingerprint density at radius 3 is 2.60 bits per heavy atom. The van der Waals surface area contributed by atoms with Gasteiger partial charge in [0.2, 0.25) is 5.92 Å². The van der Waals surface area contributed by atoms with Crippen molar-refractivity contribution in [1.29, 1.82) is 0 Å². The monoisotopic (exact) mass is 275 g/mol. The van der Waals surface area contributed by atoms with Crippen molar-refractivity contribution in [3.8, 4) is 0 Å². The van der Waals surface area contributed by atoms with Crippen LogP contribution in [-0.2, 0) is 13.0 Å². The van der Waals surface area contributed by atoms with Crippen LogP contribution in [0, 0.1) is 5.92 Å². The highest BCUT2D eigenvalue weighted by atomic mass is 19.3. The second kappa shape index (κ2) is 5.39. The summed E-state index contributed by atoms with van der Waals surface area (Å²) in [4.78, 5) is 0. The van der Waals surface area contributed by atoms with Gasteiger partial charge in [0, 0.05) is 37.7 Å². The zero-order chi connectivity index (χ0) is 14.0. The minimum atomic E-state index is -2.45. The molecule has 20 heavy (non-hydrogen) atoms. The highest BCUT2D eigenvalue weighted by Gasteiger charge is 2.39. The molecule has 0 saturated heterocycles. The molecule has 106 valence electrons. The average molecular weight is 275 g/mol. The van der Waals surface area contributed by atoms with Crippen LogP contribution in [0.2, 0.25) is 0 Å². The minimum Gasteiger partial charge on any atom is -0.351 e. The topological polar surface area (TPSA) is 4.93 Å². The lowest BCUT2D eigenvalue weighted by Gasteiger charge is -2.15. The zero-order valence-corrected chi connectivity index (χ0v) is 11.4. The molecule has 0 aliphatic heterocycles. The number of hydrogen-bond donors (Lipinski definition) is 0. The lowest BCUT2D eigenvalue weighted by atomic mass is 10.1. The molecule has 1 atom stereocenters. The Morgan fingerprint density at radius 1 is 1.10 bits per heavy atom. The molecule has 1 fully saturated rings. The van der Waals surface area contributed by atoms with E-state index in [0.29, 0.717) is 13.0 Å². The van der Waals surface area contributed by atoms with E-state index in [1.54, 1.807) is 0 Å². The van der Waals surface area contributed by atoms with Crippen molar-refractivity contribution in [2.75, 3.05) is 0 Å². The van der Waals surface area contributed by atoms with E-state index in [-0.39, 0.29) is 18.8 Å². The van der Waals surface area contributed by atoms with Gasteiger partial charge in [-0.25, -0.2) is 8.78 Å². The van der Waals surface area contributed by atoms with Crippen molar-refractivity contribution >= 4 is 0 Å². The summed E-state index contributed by atoms with van der Waals surface area (Å²) in [7, 11) is 0. The first-order valence-electron chi connectivity index (χ1n) is 7.18. The van der Waals surface area contributed by atoms with Crippen LogP contribution in [0.1, 0.15) is 30.5 Å². The molecular formula is C17H19F2N. The fourth-order valence-electron chi connectivity index (χ4n) is 3.07. The Bertz CT molecular complexity index is 559. The van der Waals surface area contributed by atoms with E-state index in [1.165, 1.54) is 11.3 Å². The van der Waals surface area contributed by atoms with Gasteiger partial charge in [0.15, 0.2) is 0 Å². The predicted octanol–water partition coefficient (Wildman–Crippen LogP) is 4.51. The predicted molar refractivity (Wildman–Crippen MR) is 76.0 cm³/mol. The van der Waals surface area contributed by atoms with Gasteiger partial charge in [-0.2, -0.15) is 0 Å². The molecule has 1 aliphatic carbocycles. The van der Waals surface area contributed by atoms with Crippen LogP contribution < -0.4 is 0 Å². The van der Waals surface area contributed by atoms with Crippen LogP contribution in [0.3, 0.4) is 0 Å². The SMILES string of the molecule is FC1(F)CCC(Cn2cccc2Cc2ccccc2)C1. The summed E-state index contributed by atoms with van der Waals surface area (Å²) in [5, 5.41) is 0. The lowest BCUT2D eigenvalue weighted by molar-refractivity contribution is 0.00434. The maximum atomic E-state index is 13.3. The van der Waals surface area contributed by atoms with Gasteiger partial charge in [0.05, 0.1) is 0 Å². The van der Waals surface area contributed by atoms with Crippen molar-refractivity contribution in [2.24, 2.45) is 5.92 Å². The highest BCUT2D eigenvalue weighted by molar-refractivity contribution is 5.22. The van der Waals surface area contributed by atoms with Gasteiger partial charge in [0.1, 0.15) is 0 Å². The Balaban J connectivity index is 1.68. The average Bonchev–Trinajstić information content (AvgIpc) is 2.98. The summed E-state index contributed by atoms with van der Waals surface area (Å²) in [6.45, 7) is 0.713. The quantitative estimate of drug-likeness (QED) is 0.773. The Hall–Kier alpha value is -1.64. The molecule has 1 aromatic carbocycles. The molecule has 0 amide bonds. The fraction of sp³-hybridized carbons (Fsp3) is 0.412. The number of alkyl halides is 2. The van der Waals surface area contributed by atoms with Gasteiger partial charge < -0.3 is 4.57 Å². The van der Waals surface area contributed by atoms with E-state index >= 15 is 0 Å². The number of hydrogen-bond acceptors (Lipinski definition) is 0. The summed E-state index contributed by atoms with van der Waals surface area (Å²) in [6.07, 6.45) is 3.59. The van der Waals surface area contributed by atoms with Crippen LogP contribution in [0.5, 0.6) is 0 Å². The zero-order valence-electron chi connectivity index (χ0n) is 11.4. The van der Waals surface area contributed by atoms with Crippen molar-refractivity contribution < 1.29 is 8.78 Å². The third-order valence-corrected chi connectivity index (χ3v) is 4.11. The van der Waals surface area contributed by atoms with Gasteiger partial charge in [-0.3, -0.25) is 0 Å². The Kier molecular flexibility index (Phi) is 3.60. The highest BCUT2D eigenvalue weighted by Crippen LogP contribution is 2.39. The Labute approximate surface area is 118 Å². The standard InChI is InChI=1S/C17H19F2N/c18-17(19)9-8-15(12-17)13-20-10-4-7-16(20)11-14-5-2-1-3-6-14/h1-7,10,15H,8-9,11-13H2. The van der Waals surface area contributed by atoms with E-state index in [1.807, 2.05) is 30.5 Å². The van der Waals surface area contributed by atoms with Crippen molar-refractivity contribution in [3.05, 3.63) is 59.9 Å². The van der Waals surface area contributed by atoms with Gasteiger partial charge in [0.25, 0.3) is 0 Å². The van der Waals surface area contributed by atoms with Crippen molar-refractivity contribution in [2.45, 2.75) is 38.2 Å². The van der Waals surface area contributed by atoms with Crippen molar-refractivity contribution in [1.82, 2.24) is 4.57 Å². The van der Waals surface area contributed by atoms with Crippen LogP contribution >= 0.6 is 0 Å². The summed E-state index contributed by atoms with van der Waals surface area (Å²) in [5.41, 5.74) is 2.45. The van der Waals surface area contributed by atoms with Gasteiger partial charge >= 0.3 is 0 Å². The molecule has 0 bridgehead atoms. The molecule has 1 unspecified atom stereocenters. The van der Waals surface area contributed by atoms with Crippen LogP contribution in [-0.4, -0.2) is 10.5 Å². The van der Waals surface area contributed by atoms with E-state index in [2.05, 4.69) is 22.8 Å². The van der Waals surface area contributed by atoms with E-state index in [4.69, 9.17) is 0 Å². The molecule has 1 saturated carbocycles. The summed E-state index contributed by atoms with van der Waals surface area (Å²) in [6, 6.07) is 14.3. The second-order valence-corrected chi connectivity index (χ2v) is 5.78. The first-order valence-corrected chi connectivity index (χ1v) is 7.18. The number of aromatic nitrogens is 1. The largest absolute Gasteiger partial charge is 0.351 e. The molecule has 1 aromatic heterocycles. The minimum absolute atomic E-state index is 0.0377. The molecule has 2 aromatic rings.